The number of nitrogens with zero attached hydrogens (tertiary/aromatic N) is 1. The lowest BCUT2D eigenvalue weighted by molar-refractivity contribution is 0.363. The molecule has 0 fully saturated rings. The van der Waals surface area contributed by atoms with Gasteiger partial charge in [0.05, 0.1) is 0 Å². The molecule has 0 atom stereocenters. The topological polar surface area (TPSA) is 3.24 Å². The maximum atomic E-state index is 2.45. The van der Waals surface area contributed by atoms with E-state index in [2.05, 4.69) is 157 Å². The van der Waals surface area contributed by atoms with Crippen LogP contribution in [-0.4, -0.2) is 4.90 Å². The summed E-state index contributed by atoms with van der Waals surface area (Å²) in [5.41, 5.74) is 6.27. The third kappa shape index (κ3) is 5.32. The van der Waals surface area contributed by atoms with E-state index in [1.54, 1.807) is 0 Å². The molecule has 0 aromatic heterocycles. The lowest BCUT2D eigenvalue weighted by atomic mass is 9.98. The number of fused-ring (bicyclic) bond motifs is 2. The highest BCUT2D eigenvalue weighted by molar-refractivity contribution is 5.84. The molecule has 0 N–H and O–H groups in total. The minimum Gasteiger partial charge on any atom is -0.368 e. The minimum atomic E-state index is 0.820. The van der Waals surface area contributed by atoms with Crippen molar-refractivity contribution in [2.75, 3.05) is 0 Å². The fourth-order valence-electron chi connectivity index (χ4n) is 5.02. The maximum Gasteiger partial charge on any atom is 0.0428 e. The summed E-state index contributed by atoms with van der Waals surface area (Å²) in [5, 5.41) is 5.11. The molecular formula is C36H29N. The van der Waals surface area contributed by atoms with Crippen molar-refractivity contribution in [2.24, 2.45) is 0 Å². The van der Waals surface area contributed by atoms with Crippen LogP contribution in [0, 0.1) is 0 Å². The third-order valence-electron chi connectivity index (χ3n) is 6.88. The molecule has 0 aliphatic heterocycles. The van der Waals surface area contributed by atoms with Gasteiger partial charge in [-0.2, -0.15) is 0 Å². The molecule has 0 amide bonds. The van der Waals surface area contributed by atoms with Gasteiger partial charge in [0.1, 0.15) is 0 Å². The first-order chi connectivity index (χ1) is 18.3. The zero-order valence-electron chi connectivity index (χ0n) is 20.8. The Kier molecular flexibility index (Phi) is 6.51. The molecule has 0 spiro atoms. The normalized spacial score (nSPS) is 10.9. The van der Waals surface area contributed by atoms with Crippen LogP contribution in [0.15, 0.2) is 152 Å². The first-order valence-electron chi connectivity index (χ1n) is 12.8. The van der Waals surface area contributed by atoms with Crippen LogP contribution in [0.5, 0.6) is 0 Å². The van der Waals surface area contributed by atoms with Gasteiger partial charge in [0.25, 0.3) is 0 Å². The SMILES string of the molecule is C(=C(c1ccccc1)c1ccccc1)N(Cc1ccc2ccccc2c1)Cc1ccc2ccccc2c1. The highest BCUT2D eigenvalue weighted by atomic mass is 15.1. The van der Waals surface area contributed by atoms with E-state index in [0.29, 0.717) is 0 Å². The monoisotopic (exact) mass is 475 g/mol. The van der Waals surface area contributed by atoms with Crippen molar-refractivity contribution < 1.29 is 0 Å². The van der Waals surface area contributed by atoms with Crippen molar-refractivity contribution in [2.45, 2.75) is 13.1 Å². The van der Waals surface area contributed by atoms with Crippen molar-refractivity contribution >= 4 is 27.1 Å². The molecule has 0 aliphatic rings. The number of hydrogen-bond acceptors (Lipinski definition) is 1. The second-order valence-electron chi connectivity index (χ2n) is 9.54. The molecule has 6 rings (SSSR count). The molecule has 37 heavy (non-hydrogen) atoms. The van der Waals surface area contributed by atoms with Crippen molar-refractivity contribution in [3.8, 4) is 0 Å². The highest BCUT2D eigenvalue weighted by Crippen LogP contribution is 2.27. The lowest BCUT2D eigenvalue weighted by Crippen LogP contribution is -2.17. The van der Waals surface area contributed by atoms with Gasteiger partial charge < -0.3 is 4.90 Å². The quantitative estimate of drug-likeness (QED) is 0.222. The minimum absolute atomic E-state index is 0.820. The van der Waals surface area contributed by atoms with Gasteiger partial charge >= 0.3 is 0 Å². The zero-order valence-corrected chi connectivity index (χ0v) is 20.8. The van der Waals surface area contributed by atoms with Gasteiger partial charge in [-0.15, -0.1) is 0 Å². The summed E-state index contributed by atoms with van der Waals surface area (Å²) in [6.07, 6.45) is 2.34. The molecule has 0 heterocycles. The van der Waals surface area contributed by atoms with Crippen LogP contribution >= 0.6 is 0 Å². The largest absolute Gasteiger partial charge is 0.368 e. The molecular weight excluding hydrogens is 446 g/mol. The van der Waals surface area contributed by atoms with Crippen molar-refractivity contribution in [3.05, 3.63) is 174 Å². The Morgan fingerprint density at radius 1 is 0.432 bits per heavy atom. The van der Waals surface area contributed by atoms with Crippen LogP contribution in [0.4, 0.5) is 0 Å². The van der Waals surface area contributed by atoms with Gasteiger partial charge in [0, 0.05) is 24.9 Å². The summed E-state index contributed by atoms with van der Waals surface area (Å²) >= 11 is 0. The fraction of sp³-hybridized carbons (Fsp3) is 0.0556. The zero-order chi connectivity index (χ0) is 24.9. The van der Waals surface area contributed by atoms with E-state index < -0.39 is 0 Å². The van der Waals surface area contributed by atoms with Crippen LogP contribution < -0.4 is 0 Å². The Balaban J connectivity index is 1.43. The Bertz CT molecular complexity index is 1540. The second kappa shape index (κ2) is 10.6. The molecule has 0 aliphatic carbocycles. The van der Waals surface area contributed by atoms with Gasteiger partial charge in [-0.05, 0) is 55.9 Å². The first kappa shape index (κ1) is 22.8. The van der Waals surface area contributed by atoms with E-state index in [1.165, 1.54) is 49.4 Å². The van der Waals surface area contributed by atoms with E-state index in [4.69, 9.17) is 0 Å². The Morgan fingerprint density at radius 2 is 0.838 bits per heavy atom. The molecule has 178 valence electrons. The predicted molar refractivity (Wildman–Crippen MR) is 157 cm³/mol. The molecule has 1 heteroatoms. The van der Waals surface area contributed by atoms with E-state index in [0.717, 1.165) is 13.1 Å². The second-order valence-corrected chi connectivity index (χ2v) is 9.54. The van der Waals surface area contributed by atoms with Gasteiger partial charge in [0.15, 0.2) is 0 Å². The summed E-state index contributed by atoms with van der Waals surface area (Å²) in [6, 6.07) is 52.2. The average molecular weight is 476 g/mol. The number of rotatable bonds is 7. The van der Waals surface area contributed by atoms with Crippen molar-refractivity contribution in [1.82, 2.24) is 4.90 Å². The summed E-state index contributed by atoms with van der Waals surface area (Å²) in [5.74, 6) is 0. The van der Waals surface area contributed by atoms with Crippen LogP contribution in [0.2, 0.25) is 0 Å². The van der Waals surface area contributed by atoms with Gasteiger partial charge in [-0.3, -0.25) is 0 Å². The van der Waals surface area contributed by atoms with Crippen LogP contribution in [0.1, 0.15) is 22.3 Å². The van der Waals surface area contributed by atoms with Crippen molar-refractivity contribution in [3.63, 3.8) is 0 Å². The lowest BCUT2D eigenvalue weighted by Gasteiger charge is -2.24. The van der Waals surface area contributed by atoms with Crippen LogP contribution in [0.3, 0.4) is 0 Å². The van der Waals surface area contributed by atoms with Crippen molar-refractivity contribution in [1.29, 1.82) is 0 Å². The van der Waals surface area contributed by atoms with Gasteiger partial charge in [-0.1, -0.05) is 133 Å². The standard InChI is InChI=1S/C36H29N/c1-3-13-32(14-4-1)36(33-15-5-2-6-16-33)27-37(25-28-19-21-30-11-7-9-17-34(30)23-28)26-29-20-22-31-12-8-10-18-35(31)24-29/h1-24,27H,25-26H2. The van der Waals surface area contributed by atoms with Crippen LogP contribution in [0.25, 0.3) is 27.1 Å². The van der Waals surface area contributed by atoms with Gasteiger partial charge in [0.2, 0.25) is 0 Å². The summed E-state index contributed by atoms with van der Waals surface area (Å²) < 4.78 is 0. The van der Waals surface area contributed by atoms with E-state index in [-0.39, 0.29) is 0 Å². The Hall–Kier alpha value is -4.62. The third-order valence-corrected chi connectivity index (χ3v) is 6.88. The molecule has 0 radical (unpaired) electrons. The molecule has 0 saturated heterocycles. The summed E-state index contributed by atoms with van der Waals surface area (Å²) in [6.45, 7) is 1.64. The molecule has 6 aromatic carbocycles. The maximum absolute atomic E-state index is 2.45. The molecule has 0 unspecified atom stereocenters. The number of benzene rings is 6. The Labute approximate surface area is 218 Å². The van der Waals surface area contributed by atoms with E-state index in [1.807, 2.05) is 0 Å². The fourth-order valence-corrected chi connectivity index (χ4v) is 5.02. The first-order valence-corrected chi connectivity index (χ1v) is 12.8. The van der Waals surface area contributed by atoms with E-state index in [9.17, 15) is 0 Å². The molecule has 0 saturated carbocycles. The summed E-state index contributed by atoms with van der Waals surface area (Å²) in [4.78, 5) is 2.45. The number of hydrogen-bond donors (Lipinski definition) is 0. The average Bonchev–Trinajstić information content (AvgIpc) is 2.96. The molecule has 1 nitrogen and oxygen atoms in total. The predicted octanol–water partition coefficient (Wildman–Crippen LogP) is 9.08. The highest BCUT2D eigenvalue weighted by Gasteiger charge is 2.11. The summed E-state index contributed by atoms with van der Waals surface area (Å²) in [7, 11) is 0. The van der Waals surface area contributed by atoms with E-state index >= 15 is 0 Å². The smallest absolute Gasteiger partial charge is 0.0428 e. The van der Waals surface area contributed by atoms with Gasteiger partial charge in [-0.25, -0.2) is 0 Å². The Morgan fingerprint density at radius 3 is 1.30 bits per heavy atom. The molecule has 6 aromatic rings. The molecule has 0 bridgehead atoms. The van der Waals surface area contributed by atoms with Crippen LogP contribution in [-0.2, 0) is 13.1 Å².